The summed E-state index contributed by atoms with van der Waals surface area (Å²) in [5.74, 6) is 0.312. The molecular formula is C14H19FN2S. The predicted octanol–water partition coefficient (Wildman–Crippen LogP) is 3.45. The van der Waals surface area contributed by atoms with Gasteiger partial charge in [-0.3, -0.25) is 0 Å². The molecule has 0 aromatic heterocycles. The van der Waals surface area contributed by atoms with Crippen LogP contribution in [0.15, 0.2) is 18.2 Å². The molecule has 0 amide bonds. The minimum absolute atomic E-state index is 0.228. The molecule has 2 nitrogen and oxygen atoms in total. The van der Waals surface area contributed by atoms with Gasteiger partial charge < -0.3 is 11.1 Å². The molecule has 2 rings (SSSR count). The van der Waals surface area contributed by atoms with Crippen molar-refractivity contribution in [2.45, 2.75) is 38.6 Å². The summed E-state index contributed by atoms with van der Waals surface area (Å²) in [5, 5.41) is 3.31. The second-order valence-electron chi connectivity index (χ2n) is 5.07. The van der Waals surface area contributed by atoms with E-state index in [-0.39, 0.29) is 10.8 Å². The number of halogens is 1. The van der Waals surface area contributed by atoms with Gasteiger partial charge in [-0.2, -0.15) is 0 Å². The predicted molar refractivity (Wildman–Crippen MR) is 77.3 cm³/mol. The van der Waals surface area contributed by atoms with Gasteiger partial charge in [-0.05, 0) is 37.0 Å². The van der Waals surface area contributed by atoms with Gasteiger partial charge >= 0.3 is 0 Å². The van der Waals surface area contributed by atoms with Crippen LogP contribution in [0.2, 0.25) is 0 Å². The van der Waals surface area contributed by atoms with Crippen LogP contribution in [0, 0.1) is 11.7 Å². The van der Waals surface area contributed by atoms with Gasteiger partial charge in [0, 0.05) is 11.6 Å². The van der Waals surface area contributed by atoms with Gasteiger partial charge in [-0.1, -0.05) is 32.0 Å². The van der Waals surface area contributed by atoms with E-state index in [1.807, 2.05) is 0 Å². The van der Waals surface area contributed by atoms with Crippen LogP contribution in [0.5, 0.6) is 0 Å². The van der Waals surface area contributed by atoms with Crippen LogP contribution in [0.25, 0.3) is 0 Å². The number of benzene rings is 1. The minimum atomic E-state index is -0.280. The van der Waals surface area contributed by atoms with E-state index in [9.17, 15) is 4.39 Å². The summed E-state index contributed by atoms with van der Waals surface area (Å²) in [5.41, 5.74) is 6.61. The van der Waals surface area contributed by atoms with Crippen LogP contribution >= 0.6 is 12.2 Å². The van der Waals surface area contributed by atoms with E-state index in [0.717, 1.165) is 6.42 Å². The molecule has 2 atom stereocenters. The molecule has 1 saturated carbocycles. The maximum atomic E-state index is 13.9. The third-order valence-corrected chi connectivity index (χ3v) is 3.94. The van der Waals surface area contributed by atoms with Crippen molar-refractivity contribution in [3.63, 3.8) is 0 Å². The van der Waals surface area contributed by atoms with Crippen molar-refractivity contribution < 1.29 is 4.39 Å². The number of thiocarbonyl (C=S) groups is 1. The number of nitrogens with one attached hydrogen (secondary N) is 1. The third-order valence-electron chi connectivity index (χ3n) is 3.71. The third kappa shape index (κ3) is 2.99. The van der Waals surface area contributed by atoms with Crippen LogP contribution in [0.1, 0.15) is 38.2 Å². The molecule has 3 N–H and O–H groups in total. The van der Waals surface area contributed by atoms with Crippen molar-refractivity contribution in [3.8, 4) is 0 Å². The molecule has 0 radical (unpaired) electrons. The lowest BCUT2D eigenvalue weighted by molar-refractivity contribution is 0.348. The smallest absolute Gasteiger partial charge is 0.146 e. The number of hydrogen-bond acceptors (Lipinski definition) is 2. The normalized spacial score (nSPS) is 23.7. The maximum absolute atomic E-state index is 13.9. The Morgan fingerprint density at radius 3 is 2.72 bits per heavy atom. The first-order chi connectivity index (χ1) is 8.58. The first kappa shape index (κ1) is 13.3. The fourth-order valence-electron chi connectivity index (χ4n) is 2.52. The molecule has 1 aliphatic carbocycles. The van der Waals surface area contributed by atoms with Crippen molar-refractivity contribution in [1.29, 1.82) is 0 Å². The van der Waals surface area contributed by atoms with Crippen LogP contribution in [0.4, 0.5) is 10.1 Å². The lowest BCUT2D eigenvalue weighted by Crippen LogP contribution is -2.30. The van der Waals surface area contributed by atoms with Crippen molar-refractivity contribution in [3.05, 3.63) is 29.6 Å². The minimum Gasteiger partial charge on any atom is -0.389 e. The summed E-state index contributed by atoms with van der Waals surface area (Å²) in [7, 11) is 0. The number of nitrogens with two attached hydrogens (primary N) is 1. The molecule has 0 bridgehead atoms. The Balaban J connectivity index is 2.11. The van der Waals surface area contributed by atoms with E-state index in [2.05, 4.69) is 12.2 Å². The fraction of sp³-hybridized carbons (Fsp3) is 0.500. The highest BCUT2D eigenvalue weighted by molar-refractivity contribution is 7.80. The molecule has 4 heteroatoms. The summed E-state index contributed by atoms with van der Waals surface area (Å²) in [6.45, 7) is 2.22. The first-order valence-electron chi connectivity index (χ1n) is 6.44. The van der Waals surface area contributed by atoms with E-state index in [0.29, 0.717) is 23.2 Å². The molecule has 0 saturated heterocycles. The standard InChI is InChI=1S/C14H19FN2S/c1-9-4-2-3-5-12(9)17-13-7-6-10(14(16)18)8-11(13)15/h6-9,12,17H,2-5H2,1H3,(H2,16,18). The lowest BCUT2D eigenvalue weighted by atomic mass is 9.86. The number of anilines is 1. The van der Waals surface area contributed by atoms with E-state index in [4.69, 9.17) is 18.0 Å². The summed E-state index contributed by atoms with van der Waals surface area (Å²) in [4.78, 5) is 0.228. The molecule has 1 fully saturated rings. The Bertz CT molecular complexity index is 447. The lowest BCUT2D eigenvalue weighted by Gasteiger charge is -2.30. The Hall–Kier alpha value is -1.16. The highest BCUT2D eigenvalue weighted by Crippen LogP contribution is 2.27. The van der Waals surface area contributed by atoms with Crippen molar-refractivity contribution in [2.24, 2.45) is 11.7 Å². The zero-order chi connectivity index (χ0) is 13.1. The molecule has 0 aliphatic heterocycles. The Labute approximate surface area is 113 Å². The molecular weight excluding hydrogens is 247 g/mol. The Kier molecular flexibility index (Phi) is 4.17. The fourth-order valence-corrected chi connectivity index (χ4v) is 2.64. The molecule has 18 heavy (non-hydrogen) atoms. The molecule has 0 heterocycles. The molecule has 2 unspecified atom stereocenters. The summed E-state index contributed by atoms with van der Waals surface area (Å²) >= 11 is 4.84. The second kappa shape index (κ2) is 5.65. The largest absolute Gasteiger partial charge is 0.389 e. The average molecular weight is 266 g/mol. The molecule has 0 spiro atoms. The Morgan fingerprint density at radius 1 is 1.39 bits per heavy atom. The zero-order valence-corrected chi connectivity index (χ0v) is 11.4. The van der Waals surface area contributed by atoms with E-state index < -0.39 is 0 Å². The van der Waals surface area contributed by atoms with E-state index in [1.165, 1.54) is 25.3 Å². The molecule has 98 valence electrons. The second-order valence-corrected chi connectivity index (χ2v) is 5.51. The average Bonchev–Trinajstić information content (AvgIpc) is 2.34. The van der Waals surface area contributed by atoms with Crippen molar-refractivity contribution in [2.75, 3.05) is 5.32 Å². The highest BCUT2D eigenvalue weighted by atomic mass is 32.1. The Morgan fingerprint density at radius 2 is 2.11 bits per heavy atom. The van der Waals surface area contributed by atoms with Crippen LogP contribution in [0.3, 0.4) is 0 Å². The van der Waals surface area contributed by atoms with Crippen LogP contribution in [-0.2, 0) is 0 Å². The van der Waals surface area contributed by atoms with E-state index >= 15 is 0 Å². The zero-order valence-electron chi connectivity index (χ0n) is 10.6. The molecule has 1 aliphatic rings. The van der Waals surface area contributed by atoms with Gasteiger partial charge in [0.1, 0.15) is 10.8 Å². The van der Waals surface area contributed by atoms with Gasteiger partial charge in [-0.15, -0.1) is 0 Å². The molecule has 1 aromatic carbocycles. The van der Waals surface area contributed by atoms with Gasteiger partial charge in [0.05, 0.1) is 5.69 Å². The topological polar surface area (TPSA) is 38.0 Å². The van der Waals surface area contributed by atoms with Crippen molar-refractivity contribution >= 4 is 22.9 Å². The summed E-state index contributed by atoms with van der Waals surface area (Å²) in [6.07, 6.45) is 4.82. The van der Waals surface area contributed by atoms with Crippen LogP contribution in [-0.4, -0.2) is 11.0 Å². The summed E-state index contributed by atoms with van der Waals surface area (Å²) < 4.78 is 13.9. The van der Waals surface area contributed by atoms with Gasteiger partial charge in [0.25, 0.3) is 0 Å². The van der Waals surface area contributed by atoms with Crippen molar-refractivity contribution in [1.82, 2.24) is 0 Å². The molecule has 1 aromatic rings. The van der Waals surface area contributed by atoms with Crippen LogP contribution < -0.4 is 11.1 Å². The van der Waals surface area contributed by atoms with Gasteiger partial charge in [-0.25, -0.2) is 4.39 Å². The summed E-state index contributed by atoms with van der Waals surface area (Å²) in [6, 6.07) is 5.26. The monoisotopic (exact) mass is 266 g/mol. The quantitative estimate of drug-likeness (QED) is 0.823. The van der Waals surface area contributed by atoms with Gasteiger partial charge in [0.15, 0.2) is 0 Å². The SMILES string of the molecule is CC1CCCCC1Nc1ccc(C(N)=S)cc1F. The van der Waals surface area contributed by atoms with E-state index in [1.54, 1.807) is 12.1 Å². The first-order valence-corrected chi connectivity index (χ1v) is 6.84. The maximum Gasteiger partial charge on any atom is 0.146 e. The van der Waals surface area contributed by atoms with Gasteiger partial charge in [0.2, 0.25) is 0 Å². The number of rotatable bonds is 3. The number of hydrogen-bond donors (Lipinski definition) is 2. The highest BCUT2D eigenvalue weighted by Gasteiger charge is 2.21.